The van der Waals surface area contributed by atoms with Crippen molar-refractivity contribution in [1.82, 2.24) is 70.0 Å². The smallest absolute Gasteiger partial charge is 0.246 e. The molecular formula is C51H58F2IN15O4. The molecule has 0 N–H and O–H groups in total. The van der Waals surface area contributed by atoms with Gasteiger partial charge in [-0.3, -0.25) is 29.4 Å². The quantitative estimate of drug-likeness (QED) is 0.0539. The largest absolute Gasteiger partial charge is 0.489 e. The second-order valence-electron chi connectivity index (χ2n) is 17.5. The van der Waals surface area contributed by atoms with E-state index in [0.717, 1.165) is 63.4 Å². The molecule has 2 aromatic carbocycles. The van der Waals surface area contributed by atoms with Gasteiger partial charge in [0.25, 0.3) is 0 Å². The minimum Gasteiger partial charge on any atom is -0.489 e. The third-order valence-electron chi connectivity index (χ3n) is 11.9. The molecular weight excluding hydrogens is 1050 g/mol. The molecule has 19 nitrogen and oxygen atoms in total. The van der Waals surface area contributed by atoms with E-state index in [1.54, 1.807) is 67.5 Å². The lowest BCUT2D eigenvalue weighted by Gasteiger charge is -2.39. The molecule has 2 saturated heterocycles. The van der Waals surface area contributed by atoms with Crippen molar-refractivity contribution in [3.05, 3.63) is 145 Å². The maximum Gasteiger partial charge on any atom is 0.246 e. The topological polar surface area (TPSA) is 183 Å². The van der Waals surface area contributed by atoms with Crippen LogP contribution in [-0.4, -0.2) is 160 Å². The number of aromatic nitrogens is 10. The van der Waals surface area contributed by atoms with E-state index in [1.807, 2.05) is 59.2 Å². The first-order chi connectivity index (χ1) is 35.4. The van der Waals surface area contributed by atoms with Gasteiger partial charge in [-0.15, -0.1) is 20.4 Å². The molecule has 2 aliphatic heterocycles. The van der Waals surface area contributed by atoms with Gasteiger partial charge >= 0.3 is 0 Å². The van der Waals surface area contributed by atoms with E-state index >= 15 is 0 Å². The summed E-state index contributed by atoms with van der Waals surface area (Å²) in [5.74, 6) is 2.24. The van der Waals surface area contributed by atoms with Crippen LogP contribution in [0.4, 0.5) is 14.5 Å². The van der Waals surface area contributed by atoms with Crippen molar-refractivity contribution in [3.8, 4) is 11.5 Å². The number of alkyl halides is 2. The van der Waals surface area contributed by atoms with Crippen molar-refractivity contribution in [1.29, 1.82) is 0 Å². The highest BCUT2D eigenvalue weighted by Gasteiger charge is 2.28. The lowest BCUT2D eigenvalue weighted by Crippen LogP contribution is -2.53. The molecule has 4 aromatic heterocycles. The summed E-state index contributed by atoms with van der Waals surface area (Å²) < 4.78 is 36.1. The van der Waals surface area contributed by atoms with Crippen LogP contribution in [0.1, 0.15) is 59.1 Å². The first-order valence-electron chi connectivity index (χ1n) is 23.8. The number of piperazine rings is 2. The Balaban J connectivity index is 0.000000214. The maximum atomic E-state index is 13.0. The number of amides is 2. The molecule has 22 heteroatoms. The van der Waals surface area contributed by atoms with Crippen LogP contribution in [0.15, 0.2) is 85.2 Å². The highest BCUT2D eigenvalue weighted by Crippen LogP contribution is 2.23. The summed E-state index contributed by atoms with van der Waals surface area (Å²) >= 11 is 2.27. The van der Waals surface area contributed by atoms with Gasteiger partial charge in [0.2, 0.25) is 11.8 Å². The number of rotatable bonds is 18. The summed E-state index contributed by atoms with van der Waals surface area (Å²) in [6.45, 7) is 20.4. The molecule has 0 spiro atoms. The Hall–Kier alpha value is -7.10. The van der Waals surface area contributed by atoms with Crippen LogP contribution in [0.2, 0.25) is 0 Å². The Labute approximate surface area is 436 Å². The number of nitrogens with zero attached hydrogens (tertiary/aromatic N) is 15. The molecule has 6 aromatic rings. The third kappa shape index (κ3) is 15.9. The number of carbonyl (C=O) groups excluding carboxylic acids is 2. The molecule has 382 valence electrons. The van der Waals surface area contributed by atoms with Gasteiger partial charge < -0.3 is 19.3 Å². The zero-order valence-corrected chi connectivity index (χ0v) is 43.4. The summed E-state index contributed by atoms with van der Waals surface area (Å²) in [5.41, 5.74) is 5.96. The number of benzene rings is 2. The van der Waals surface area contributed by atoms with E-state index in [-0.39, 0.29) is 37.1 Å². The molecule has 2 fully saturated rings. The molecule has 0 unspecified atom stereocenters. The fourth-order valence-electron chi connectivity index (χ4n) is 8.39. The second kappa shape index (κ2) is 26.6. The van der Waals surface area contributed by atoms with Gasteiger partial charge in [-0.25, -0.2) is 13.6 Å². The van der Waals surface area contributed by atoms with Gasteiger partial charge in [0, 0.05) is 80.2 Å². The van der Waals surface area contributed by atoms with Crippen molar-refractivity contribution in [2.45, 2.75) is 66.0 Å². The highest BCUT2D eigenvalue weighted by molar-refractivity contribution is 14.1. The van der Waals surface area contributed by atoms with Gasteiger partial charge in [-0.05, 0) is 132 Å². The van der Waals surface area contributed by atoms with Gasteiger partial charge in [0.15, 0.2) is 17.3 Å². The normalized spacial score (nSPS) is 16.4. The van der Waals surface area contributed by atoms with E-state index < -0.39 is 13.3 Å². The average Bonchev–Trinajstić information content (AvgIpc) is 4.00. The summed E-state index contributed by atoms with van der Waals surface area (Å²) in [6, 6.07) is 18.9. The fourth-order valence-corrected chi connectivity index (χ4v) is 8.95. The fraction of sp³-hybridized carbons (Fsp3) is 0.392. The first kappa shape index (κ1) is 53.7. The minimum atomic E-state index is -0.534. The number of hydrogen-bond donors (Lipinski definition) is 0. The Kier molecular flexibility index (Phi) is 19.5. The Morgan fingerprint density at radius 1 is 0.685 bits per heavy atom. The molecule has 2 atom stereocenters. The summed E-state index contributed by atoms with van der Waals surface area (Å²) in [7, 11) is 0. The van der Waals surface area contributed by atoms with Crippen LogP contribution in [-0.2, 0) is 35.8 Å². The molecule has 0 bridgehead atoms. The number of hydrogen-bond acceptors (Lipinski definition) is 14. The van der Waals surface area contributed by atoms with E-state index in [2.05, 4.69) is 91.0 Å². The van der Waals surface area contributed by atoms with E-state index in [0.29, 0.717) is 68.1 Å². The number of pyridine rings is 2. The lowest BCUT2D eigenvalue weighted by molar-refractivity contribution is -0.131. The van der Waals surface area contributed by atoms with Gasteiger partial charge in [-0.1, -0.05) is 24.3 Å². The molecule has 8 rings (SSSR count). The van der Waals surface area contributed by atoms with Gasteiger partial charge in [0.1, 0.15) is 38.1 Å². The predicted molar refractivity (Wildman–Crippen MR) is 278 cm³/mol. The van der Waals surface area contributed by atoms with Crippen molar-refractivity contribution >= 4 is 52.2 Å². The summed E-state index contributed by atoms with van der Waals surface area (Å²) in [5, 5.41) is 24.4. The standard InChI is InChI=1S/C26H29FN8O2.C25H29FIN7O2/c1-19-16-33(18-24-7-8-25(15-29-24)37-13-10-27)11-12-34(19)26(36)9-5-21-4-6-23(28-3)14-22(21)17-35-31-20(2)30-32-35;1-18-15-32(17-23-6-7-24(14-28-23)36-12-9-26)10-11-33(18)25(35)8-4-20-3-5-22(27)13-21(20)16-34-30-19(2)29-31-34/h4-9,14-15,19H,10-13,16-18H2,1-2H3;3-8,13-14,18H,9-12,15-17H2,1-2H3/b9-5+;8-4+/t19-;18-/m11/s1/i3-1;. The molecule has 2 amide bonds. The van der Waals surface area contributed by atoms with Crippen molar-refractivity contribution in [3.63, 3.8) is 0 Å². The van der Waals surface area contributed by atoms with Crippen LogP contribution >= 0.6 is 22.6 Å². The number of aryl methyl sites for hydroxylation is 2. The molecule has 2 aliphatic rings. The van der Waals surface area contributed by atoms with Crippen LogP contribution in [0.25, 0.3) is 17.0 Å². The number of tetrazole rings is 2. The van der Waals surface area contributed by atoms with E-state index in [9.17, 15) is 18.4 Å². The van der Waals surface area contributed by atoms with E-state index in [4.69, 9.17) is 16.0 Å². The Morgan fingerprint density at radius 2 is 1.16 bits per heavy atom. The highest BCUT2D eigenvalue weighted by atomic mass is 127. The first-order valence-corrected chi connectivity index (χ1v) is 24.9. The van der Waals surface area contributed by atoms with Crippen molar-refractivity contribution < 1.29 is 27.8 Å². The third-order valence-corrected chi connectivity index (χ3v) is 12.6. The Morgan fingerprint density at radius 3 is 1.58 bits per heavy atom. The van der Waals surface area contributed by atoms with Crippen molar-refractivity contribution in [2.24, 2.45) is 0 Å². The van der Waals surface area contributed by atoms with Crippen LogP contribution in [0.3, 0.4) is 0 Å². The Bertz CT molecular complexity index is 2870. The van der Waals surface area contributed by atoms with Crippen LogP contribution in [0, 0.1) is 24.0 Å². The number of ether oxygens (including phenoxy) is 2. The summed E-state index contributed by atoms with van der Waals surface area (Å²) in [4.78, 5) is 49.8. The summed E-state index contributed by atoms with van der Waals surface area (Å²) in [6.07, 6.45) is 10.1. The second-order valence-corrected chi connectivity index (χ2v) is 18.8. The molecule has 73 heavy (non-hydrogen) atoms. The molecule has 0 radical (unpaired) electrons. The SMILES string of the molecule is Cc1nnn(Cc2cc(I)ccc2/C=C/C(=O)N2CCN(Cc3ccc(OCCF)cn3)C[C@H]2C)n1.Cc1nnn(Cc2cc([N+]#[11C-])ccc2/C=C/C(=O)N2CCN(Cc3ccc(OCCF)cn3)C[C@H]2C)n1. The number of halogens is 3. The minimum absolute atomic E-state index is 0.00568. The van der Waals surface area contributed by atoms with Crippen LogP contribution in [0.5, 0.6) is 11.5 Å². The average molecular weight is 1110 g/mol. The maximum absolute atomic E-state index is 13.0. The van der Waals surface area contributed by atoms with Gasteiger partial charge in [-0.2, -0.15) is 9.59 Å². The van der Waals surface area contributed by atoms with E-state index in [1.165, 1.54) is 4.80 Å². The molecule has 0 aliphatic carbocycles. The molecule has 0 saturated carbocycles. The van der Waals surface area contributed by atoms with Crippen LogP contribution < -0.4 is 9.47 Å². The van der Waals surface area contributed by atoms with Gasteiger partial charge in [0.05, 0.1) is 43.4 Å². The number of carbonyl (C=O) groups is 2. The zero-order chi connectivity index (χ0) is 51.7. The molecule has 6 heterocycles. The lowest BCUT2D eigenvalue weighted by atomic mass is 10.1. The monoisotopic (exact) mass is 1110 g/mol. The zero-order valence-electron chi connectivity index (χ0n) is 41.3. The van der Waals surface area contributed by atoms with Crippen molar-refractivity contribution in [2.75, 3.05) is 65.8 Å². The predicted octanol–water partition coefficient (Wildman–Crippen LogP) is 6.19.